The van der Waals surface area contributed by atoms with E-state index in [1.807, 2.05) is 0 Å². The van der Waals surface area contributed by atoms with Crippen LogP contribution in [0.4, 0.5) is 22.2 Å². The van der Waals surface area contributed by atoms with Crippen molar-refractivity contribution in [2.75, 3.05) is 22.2 Å². The first-order chi connectivity index (χ1) is 12.2. The number of carbonyl (C=O) groups excluding carboxylic acids is 1. The van der Waals surface area contributed by atoms with Gasteiger partial charge in [-0.3, -0.25) is 10.7 Å². The third-order valence-corrected chi connectivity index (χ3v) is 5.22. The number of amides is 1. The zero-order valence-electron chi connectivity index (χ0n) is 14.5. The van der Waals surface area contributed by atoms with Crippen LogP contribution in [0.1, 0.15) is 39.0 Å². The first kappa shape index (κ1) is 15.9. The zero-order chi connectivity index (χ0) is 17.4. The van der Waals surface area contributed by atoms with Crippen molar-refractivity contribution in [1.29, 1.82) is 0 Å². The lowest BCUT2D eigenvalue weighted by Gasteiger charge is -2.47. The van der Waals surface area contributed by atoms with E-state index in [0.29, 0.717) is 6.04 Å². The molecule has 3 aliphatic rings. The lowest BCUT2D eigenvalue weighted by molar-refractivity contribution is 0.186. The van der Waals surface area contributed by atoms with Gasteiger partial charge < -0.3 is 14.5 Å². The summed E-state index contributed by atoms with van der Waals surface area (Å²) in [5.74, 6) is 1.11. The lowest BCUT2D eigenvalue weighted by Crippen LogP contribution is -2.60. The van der Waals surface area contributed by atoms with Gasteiger partial charge >= 0.3 is 6.09 Å². The molecule has 2 N–H and O–H groups in total. The number of hydrazone groups is 1. The number of nitrogens with zero attached hydrogens (tertiary/aromatic N) is 5. The van der Waals surface area contributed by atoms with Crippen LogP contribution < -0.4 is 20.5 Å². The summed E-state index contributed by atoms with van der Waals surface area (Å²) in [6.07, 6.45) is 8.81. The van der Waals surface area contributed by atoms with Crippen LogP contribution in [0, 0.1) is 0 Å². The molecule has 1 aromatic heterocycles. The number of carbonyl (C=O) groups is 1. The van der Waals surface area contributed by atoms with Crippen LogP contribution in [0.25, 0.3) is 0 Å². The van der Waals surface area contributed by atoms with Crippen LogP contribution in [-0.2, 0) is 4.74 Å². The van der Waals surface area contributed by atoms with Crippen LogP contribution in [0.2, 0.25) is 0 Å². The molecule has 134 valence electrons. The van der Waals surface area contributed by atoms with Gasteiger partial charge in [-0.05, 0) is 19.3 Å². The SMILES string of the molecule is CCC1C2NN=CN2c2cnc(NC(=O)OC)nc2N1C1CCCC1. The number of aromatic nitrogens is 2. The van der Waals surface area contributed by atoms with Crippen LogP contribution >= 0.6 is 0 Å². The maximum Gasteiger partial charge on any atom is 0.413 e. The quantitative estimate of drug-likeness (QED) is 0.863. The molecule has 1 fully saturated rings. The maximum absolute atomic E-state index is 11.5. The van der Waals surface area contributed by atoms with Gasteiger partial charge in [0.25, 0.3) is 0 Å². The van der Waals surface area contributed by atoms with Gasteiger partial charge in [0.15, 0.2) is 5.82 Å². The molecule has 2 unspecified atom stereocenters. The van der Waals surface area contributed by atoms with Crippen LogP contribution in [0.3, 0.4) is 0 Å². The molecule has 9 nitrogen and oxygen atoms in total. The van der Waals surface area contributed by atoms with E-state index in [-0.39, 0.29) is 18.2 Å². The average molecular weight is 345 g/mol. The standard InChI is InChI=1S/C16H23N7O2/c1-3-11-14-21-18-9-22(14)12-8-17-15(20-16(24)25-2)19-13(12)23(11)10-6-4-5-7-10/h8-11,14,21H,3-7H2,1-2H3,(H,17,19,20,24). The smallest absolute Gasteiger partial charge is 0.413 e. The van der Waals surface area contributed by atoms with Crippen molar-refractivity contribution in [3.8, 4) is 0 Å². The summed E-state index contributed by atoms with van der Waals surface area (Å²) in [6.45, 7) is 2.19. The number of fused-ring (bicyclic) bond motifs is 3. The normalized spacial score (nSPS) is 24.7. The second kappa shape index (κ2) is 6.38. The predicted octanol–water partition coefficient (Wildman–Crippen LogP) is 1.88. The Kier molecular flexibility index (Phi) is 4.06. The zero-order valence-corrected chi connectivity index (χ0v) is 14.5. The number of hydrogen-bond donors (Lipinski definition) is 2. The highest BCUT2D eigenvalue weighted by Crippen LogP contribution is 2.41. The van der Waals surface area contributed by atoms with Crippen molar-refractivity contribution in [3.63, 3.8) is 0 Å². The second-order valence-electron chi connectivity index (χ2n) is 6.57. The molecule has 2 aliphatic heterocycles. The fourth-order valence-corrected chi connectivity index (χ4v) is 4.09. The van der Waals surface area contributed by atoms with Crippen molar-refractivity contribution in [3.05, 3.63) is 6.20 Å². The minimum atomic E-state index is -0.572. The summed E-state index contributed by atoms with van der Waals surface area (Å²) < 4.78 is 4.65. The van der Waals surface area contributed by atoms with Crippen LogP contribution in [0.15, 0.2) is 11.3 Å². The highest BCUT2D eigenvalue weighted by molar-refractivity contribution is 5.90. The molecule has 0 spiro atoms. The number of ether oxygens (including phenoxy) is 1. The number of anilines is 3. The van der Waals surface area contributed by atoms with Gasteiger partial charge in [0, 0.05) is 6.04 Å². The third kappa shape index (κ3) is 2.63. The Bertz CT molecular complexity index is 689. The van der Waals surface area contributed by atoms with E-state index in [1.165, 1.54) is 20.0 Å². The van der Waals surface area contributed by atoms with E-state index in [1.54, 1.807) is 12.5 Å². The summed E-state index contributed by atoms with van der Waals surface area (Å²) in [6, 6.07) is 0.702. The molecule has 4 rings (SSSR count). The predicted molar refractivity (Wildman–Crippen MR) is 94.8 cm³/mol. The molecule has 1 aromatic rings. The van der Waals surface area contributed by atoms with E-state index >= 15 is 0 Å². The topological polar surface area (TPSA) is 95.0 Å². The molecule has 9 heteroatoms. The van der Waals surface area contributed by atoms with Crippen LogP contribution in [0.5, 0.6) is 0 Å². The molecule has 25 heavy (non-hydrogen) atoms. The Balaban J connectivity index is 1.77. The maximum atomic E-state index is 11.5. The Hall–Kier alpha value is -2.58. The van der Waals surface area contributed by atoms with Crippen molar-refractivity contribution in [2.24, 2.45) is 5.10 Å². The average Bonchev–Trinajstić information content (AvgIpc) is 3.31. The minimum Gasteiger partial charge on any atom is -0.453 e. The molecule has 0 radical (unpaired) electrons. The third-order valence-electron chi connectivity index (χ3n) is 5.22. The largest absolute Gasteiger partial charge is 0.453 e. The molecule has 0 bridgehead atoms. The van der Waals surface area contributed by atoms with Crippen molar-refractivity contribution < 1.29 is 9.53 Å². The van der Waals surface area contributed by atoms with Gasteiger partial charge in [-0.1, -0.05) is 19.8 Å². The highest BCUT2D eigenvalue weighted by Gasteiger charge is 2.44. The minimum absolute atomic E-state index is 0.0844. The molecular formula is C16H23N7O2. The number of hydrogen-bond acceptors (Lipinski definition) is 8. The van der Waals surface area contributed by atoms with Gasteiger partial charge in [-0.15, -0.1) is 0 Å². The van der Waals surface area contributed by atoms with Crippen LogP contribution in [-0.4, -0.2) is 47.8 Å². The van der Waals surface area contributed by atoms with Crippen molar-refractivity contribution in [1.82, 2.24) is 15.4 Å². The van der Waals surface area contributed by atoms with Gasteiger partial charge in [-0.25, -0.2) is 9.78 Å². The van der Waals surface area contributed by atoms with E-state index in [9.17, 15) is 4.79 Å². The molecule has 0 saturated heterocycles. The second-order valence-corrected chi connectivity index (χ2v) is 6.57. The van der Waals surface area contributed by atoms with Gasteiger partial charge in [0.1, 0.15) is 18.2 Å². The fourth-order valence-electron chi connectivity index (χ4n) is 4.09. The molecule has 1 amide bonds. The highest BCUT2D eigenvalue weighted by atomic mass is 16.5. The van der Waals surface area contributed by atoms with Crippen molar-refractivity contribution >= 4 is 29.9 Å². The van der Waals surface area contributed by atoms with E-state index < -0.39 is 6.09 Å². The monoisotopic (exact) mass is 345 g/mol. The molecule has 2 atom stereocenters. The molecule has 0 aromatic carbocycles. The number of methoxy groups -OCH3 is 1. The van der Waals surface area contributed by atoms with Gasteiger partial charge in [-0.2, -0.15) is 10.1 Å². The van der Waals surface area contributed by atoms with E-state index in [2.05, 4.69) is 47.3 Å². The Morgan fingerprint density at radius 1 is 1.44 bits per heavy atom. The number of nitrogens with one attached hydrogen (secondary N) is 2. The molecule has 1 aliphatic carbocycles. The lowest BCUT2D eigenvalue weighted by atomic mass is 10.0. The van der Waals surface area contributed by atoms with Crippen molar-refractivity contribution in [2.45, 2.75) is 57.3 Å². The van der Waals surface area contributed by atoms with Gasteiger partial charge in [0.2, 0.25) is 5.95 Å². The number of rotatable bonds is 3. The summed E-state index contributed by atoms with van der Waals surface area (Å²) in [7, 11) is 1.32. The fraction of sp³-hybridized carbons (Fsp3) is 0.625. The first-order valence-corrected chi connectivity index (χ1v) is 8.80. The summed E-state index contributed by atoms with van der Waals surface area (Å²) in [5, 5.41) is 6.82. The Morgan fingerprint density at radius 3 is 2.96 bits per heavy atom. The molecule has 1 saturated carbocycles. The summed E-state index contributed by atoms with van der Waals surface area (Å²) in [5.41, 5.74) is 4.13. The van der Waals surface area contributed by atoms with Gasteiger partial charge in [0.05, 0.1) is 19.3 Å². The Morgan fingerprint density at radius 2 is 2.24 bits per heavy atom. The summed E-state index contributed by atoms with van der Waals surface area (Å²) in [4.78, 5) is 24.9. The summed E-state index contributed by atoms with van der Waals surface area (Å²) >= 11 is 0. The van der Waals surface area contributed by atoms with E-state index in [0.717, 1.165) is 30.8 Å². The molecule has 3 heterocycles. The molecular weight excluding hydrogens is 322 g/mol. The Labute approximate surface area is 146 Å². The first-order valence-electron chi connectivity index (χ1n) is 8.80. The van der Waals surface area contributed by atoms with E-state index in [4.69, 9.17) is 0 Å².